The van der Waals surface area contributed by atoms with E-state index in [1.54, 1.807) is 0 Å². The van der Waals surface area contributed by atoms with Crippen LogP contribution in [0.1, 0.15) is 157 Å². The van der Waals surface area contributed by atoms with Crippen molar-refractivity contribution in [3.63, 3.8) is 0 Å². The normalized spacial score (nSPS) is 42.5. The molecule has 7 fully saturated rings. The molecule has 6 saturated carbocycles. The predicted molar refractivity (Wildman–Crippen MR) is 232 cm³/mol. The van der Waals surface area contributed by atoms with Gasteiger partial charge < -0.3 is 19.7 Å². The summed E-state index contributed by atoms with van der Waals surface area (Å²) in [5.41, 5.74) is 2.52. The number of fused-ring (bicyclic) bond motifs is 7. The molecule has 9 heteroatoms. The van der Waals surface area contributed by atoms with Gasteiger partial charge in [-0.3, -0.25) is 19.4 Å². The second-order valence-corrected chi connectivity index (χ2v) is 23.2. The van der Waals surface area contributed by atoms with Gasteiger partial charge in [0, 0.05) is 29.9 Å². The van der Waals surface area contributed by atoms with Crippen LogP contribution < -0.4 is 0 Å². The lowest BCUT2D eigenvalue weighted by atomic mass is 9.32. The maximum atomic E-state index is 15.6. The fourth-order valence-corrected chi connectivity index (χ4v) is 16.7. The van der Waals surface area contributed by atoms with E-state index in [-0.39, 0.29) is 51.1 Å². The van der Waals surface area contributed by atoms with Crippen LogP contribution in [0.5, 0.6) is 0 Å². The maximum Gasteiger partial charge on any atom is 0.309 e. The van der Waals surface area contributed by atoms with Gasteiger partial charge in [-0.1, -0.05) is 54.0 Å². The number of carbonyl (C=O) groups excluding carboxylic acids is 2. The number of hydrogen-bond donors (Lipinski definition) is 2. The molecule has 0 bridgehead atoms. The number of amides is 1. The molecule has 13 atom stereocenters. The molecule has 9 rings (SSSR count). The third-order valence-corrected chi connectivity index (χ3v) is 20.1. The lowest BCUT2D eigenvalue weighted by molar-refractivity contribution is -0.252. The van der Waals surface area contributed by atoms with Crippen molar-refractivity contribution in [3.8, 4) is 11.3 Å². The van der Waals surface area contributed by atoms with E-state index in [4.69, 9.17) is 9.72 Å². The zero-order chi connectivity index (χ0) is 42.8. The average Bonchev–Trinajstić information content (AvgIpc) is 3.95. The molecule has 2 aromatic rings. The first-order valence-electron chi connectivity index (χ1n) is 23.6. The highest BCUT2D eigenvalue weighted by Crippen LogP contribution is 2.78. The minimum atomic E-state index is -0.817. The highest BCUT2D eigenvalue weighted by Gasteiger charge is 2.72. The monoisotopic (exact) mass is 821 g/mol. The van der Waals surface area contributed by atoms with E-state index in [1.165, 1.54) is 18.4 Å². The molecule has 2 N–H and O–H groups in total. The molecule has 2 aromatic heterocycles. The van der Waals surface area contributed by atoms with Crippen LogP contribution in [0, 0.1) is 73.9 Å². The predicted octanol–water partition coefficient (Wildman–Crippen LogP) is 10.8. The maximum absolute atomic E-state index is 15.6. The molecule has 1 amide bonds. The highest BCUT2D eigenvalue weighted by molar-refractivity contribution is 5.85. The fourth-order valence-electron chi connectivity index (χ4n) is 16.7. The zero-order valence-electron chi connectivity index (χ0n) is 37.8. The van der Waals surface area contributed by atoms with Crippen LogP contribution in [0.25, 0.3) is 11.3 Å². The second kappa shape index (κ2) is 14.3. The summed E-state index contributed by atoms with van der Waals surface area (Å²) in [7, 11) is 0. The van der Waals surface area contributed by atoms with Crippen molar-refractivity contribution in [1.82, 2.24) is 19.9 Å². The molecule has 1 saturated heterocycles. The zero-order valence-corrected chi connectivity index (χ0v) is 37.8. The number of pyridine rings is 1. The summed E-state index contributed by atoms with van der Waals surface area (Å²) in [6.07, 6.45) is 19.3. The minimum Gasteiger partial charge on any atom is -0.481 e. The summed E-state index contributed by atoms with van der Waals surface area (Å²) < 4.78 is 6.48. The Balaban J connectivity index is 0.973. The van der Waals surface area contributed by atoms with Crippen molar-refractivity contribution in [1.29, 1.82) is 0 Å². The Morgan fingerprint density at radius 1 is 0.867 bits per heavy atom. The number of likely N-dealkylation sites (tertiary alicyclic amines) is 1. The third kappa shape index (κ3) is 5.91. The molecule has 0 spiro atoms. The van der Waals surface area contributed by atoms with Crippen molar-refractivity contribution in [2.75, 3.05) is 6.54 Å². The van der Waals surface area contributed by atoms with Gasteiger partial charge in [-0.25, -0.2) is 4.98 Å². The van der Waals surface area contributed by atoms with E-state index in [2.05, 4.69) is 63.0 Å². The molecule has 6 aliphatic carbocycles. The van der Waals surface area contributed by atoms with Gasteiger partial charge in [0.1, 0.15) is 11.9 Å². The smallest absolute Gasteiger partial charge is 0.309 e. The summed E-state index contributed by atoms with van der Waals surface area (Å²) in [5, 5.41) is 9.71. The number of aliphatic carboxylic acids is 1. The molecule has 13 unspecified atom stereocenters. The second-order valence-electron chi connectivity index (χ2n) is 23.2. The van der Waals surface area contributed by atoms with Crippen molar-refractivity contribution >= 4 is 17.8 Å². The number of hydrogen-bond acceptors (Lipinski definition) is 6. The van der Waals surface area contributed by atoms with Crippen molar-refractivity contribution < 1.29 is 24.2 Å². The number of carboxylic acids is 1. The summed E-state index contributed by atoms with van der Waals surface area (Å²) in [6.45, 7) is 23.8. The Hall–Kier alpha value is -3.49. The number of aromatic amines is 1. The molecule has 1 aliphatic heterocycles. The van der Waals surface area contributed by atoms with Gasteiger partial charge in [0.2, 0.25) is 5.91 Å². The first-order chi connectivity index (χ1) is 28.3. The summed E-state index contributed by atoms with van der Waals surface area (Å²) in [4.78, 5) is 56.1. The molecular formula is C51H72N4O5. The van der Waals surface area contributed by atoms with E-state index in [9.17, 15) is 14.7 Å². The van der Waals surface area contributed by atoms with Crippen LogP contribution in [-0.2, 0) is 19.1 Å². The number of ether oxygens (including phenoxy) is 1. The van der Waals surface area contributed by atoms with E-state index in [0.29, 0.717) is 41.9 Å². The number of nitrogens with one attached hydrogen (secondary N) is 1. The third-order valence-electron chi connectivity index (χ3n) is 20.1. The van der Waals surface area contributed by atoms with Gasteiger partial charge in [0.05, 0.1) is 35.2 Å². The Morgan fingerprint density at radius 3 is 2.32 bits per heavy atom. The largest absolute Gasteiger partial charge is 0.481 e. The molecule has 0 aromatic carbocycles. The molecule has 0 radical (unpaired) electrons. The van der Waals surface area contributed by atoms with Gasteiger partial charge in [0.15, 0.2) is 0 Å². The molecular weight excluding hydrogens is 749 g/mol. The quantitative estimate of drug-likeness (QED) is 0.201. The molecule has 7 aliphatic rings. The summed E-state index contributed by atoms with van der Waals surface area (Å²) in [5.74, 6) is 1.70. The minimum absolute atomic E-state index is 0.0280. The van der Waals surface area contributed by atoms with Crippen molar-refractivity contribution in [2.45, 2.75) is 157 Å². The first-order valence-corrected chi connectivity index (χ1v) is 23.6. The Bertz CT molecular complexity index is 2040. The van der Waals surface area contributed by atoms with Gasteiger partial charge >= 0.3 is 11.9 Å². The SMILES string of the molecule is C=C(C)CC1CCC2(C(=O)N3CCCC3c3ncc(-c4ccncc4)[nH]3)CCC3(C)C(CCC4C5(C)CCC(OC(=O)C6CC(C(=O)O)C6(C)C)C(C)(C)C5CCC43C)C12. The van der Waals surface area contributed by atoms with Gasteiger partial charge in [-0.05, 0) is 160 Å². The van der Waals surface area contributed by atoms with Crippen LogP contribution in [0.3, 0.4) is 0 Å². The Kier molecular flexibility index (Phi) is 9.95. The van der Waals surface area contributed by atoms with Crippen LogP contribution in [0.15, 0.2) is 42.9 Å². The van der Waals surface area contributed by atoms with Crippen LogP contribution in [-0.4, -0.2) is 55.5 Å². The lowest BCUT2D eigenvalue weighted by Crippen LogP contribution is -2.67. The number of aromatic nitrogens is 3. The number of rotatable bonds is 8. The van der Waals surface area contributed by atoms with Crippen LogP contribution in [0.4, 0.5) is 0 Å². The number of carboxylic acid groups (broad SMARTS) is 1. The lowest BCUT2D eigenvalue weighted by Gasteiger charge is -2.73. The summed E-state index contributed by atoms with van der Waals surface area (Å²) >= 11 is 0. The molecule has 60 heavy (non-hydrogen) atoms. The van der Waals surface area contributed by atoms with Gasteiger partial charge in [0.25, 0.3) is 0 Å². The van der Waals surface area contributed by atoms with Crippen molar-refractivity contribution in [3.05, 3.63) is 48.7 Å². The highest BCUT2D eigenvalue weighted by atomic mass is 16.5. The van der Waals surface area contributed by atoms with Gasteiger partial charge in [-0.2, -0.15) is 0 Å². The van der Waals surface area contributed by atoms with Gasteiger partial charge in [-0.15, -0.1) is 6.58 Å². The Morgan fingerprint density at radius 2 is 1.62 bits per heavy atom. The van der Waals surface area contributed by atoms with E-state index >= 15 is 4.79 Å². The topological polar surface area (TPSA) is 125 Å². The number of H-pyrrole nitrogens is 1. The van der Waals surface area contributed by atoms with E-state index in [0.717, 1.165) is 94.3 Å². The first kappa shape index (κ1) is 41.8. The van der Waals surface area contributed by atoms with Crippen LogP contribution >= 0.6 is 0 Å². The summed E-state index contributed by atoms with van der Waals surface area (Å²) in [6, 6.07) is 3.97. The number of allylic oxidation sites excluding steroid dienone is 1. The molecule has 3 heterocycles. The number of esters is 1. The van der Waals surface area contributed by atoms with E-state index < -0.39 is 17.3 Å². The number of nitrogens with zero attached hydrogens (tertiary/aromatic N) is 3. The number of imidazole rings is 1. The molecule has 9 nitrogen and oxygen atoms in total. The molecule has 326 valence electrons. The number of carbonyl (C=O) groups is 3. The van der Waals surface area contributed by atoms with Crippen molar-refractivity contribution in [2.24, 2.45) is 73.9 Å². The van der Waals surface area contributed by atoms with Crippen LogP contribution in [0.2, 0.25) is 0 Å². The average molecular weight is 821 g/mol. The fraction of sp³-hybridized carbons (Fsp3) is 0.745. The van der Waals surface area contributed by atoms with E-state index in [1.807, 2.05) is 44.6 Å². The Labute approximate surface area is 358 Å². The standard InChI is InChI=1S/C51H72N4O5/c1-30(2)27-32-14-21-51(45(59)55-26-10-11-37(55)42-53-29-36(54-42)31-17-24-52-25-18-31)23-22-49(8)33(41(32)51)12-13-39-48(7)19-16-40(47(5,6)38(48)15-20-50(39,49)9)60-44(58)35-28-34(43(56)57)46(35,3)4/h17-18,24-25,29,32-35,37-41H,1,10-16,19-23,26-28H2,2-9H3,(H,53,54)(H,56,57).